The maximum atomic E-state index is 12.1. The number of methoxy groups -OCH3 is 1. The largest absolute Gasteiger partial charge is 0.486 e. The number of nitrogens with one attached hydrogen (secondary N) is 1. The number of pyridine rings is 1. The highest BCUT2D eigenvalue weighted by atomic mass is 16.6. The lowest BCUT2D eigenvalue weighted by atomic mass is 10.1. The molecule has 0 radical (unpaired) electrons. The minimum Gasteiger partial charge on any atom is -0.486 e. The molecular formula is C14H13NO5. The van der Waals surface area contributed by atoms with Gasteiger partial charge in [0, 0.05) is 23.2 Å². The molecule has 0 bridgehead atoms. The molecule has 3 rings (SSSR count). The second kappa shape index (κ2) is 4.88. The Hall–Kier alpha value is -2.50. The van der Waals surface area contributed by atoms with Gasteiger partial charge in [0.15, 0.2) is 16.9 Å². The molecule has 2 heterocycles. The van der Waals surface area contributed by atoms with E-state index >= 15 is 0 Å². The SMILES string of the molecule is COC(=O)Cc1cc(=O)c2cc3c(cc2[nH]1)OCCO3. The maximum absolute atomic E-state index is 12.1. The van der Waals surface area contributed by atoms with Crippen molar-refractivity contribution in [1.82, 2.24) is 4.98 Å². The topological polar surface area (TPSA) is 77.6 Å². The van der Waals surface area contributed by atoms with Crippen LogP contribution in [0.4, 0.5) is 0 Å². The van der Waals surface area contributed by atoms with E-state index in [1.165, 1.54) is 13.2 Å². The first-order chi connectivity index (χ1) is 9.67. The second-order valence-electron chi connectivity index (χ2n) is 4.45. The van der Waals surface area contributed by atoms with Crippen LogP contribution >= 0.6 is 0 Å². The predicted octanol–water partition coefficient (Wildman–Crippen LogP) is 1.01. The van der Waals surface area contributed by atoms with Gasteiger partial charge in [0.2, 0.25) is 0 Å². The van der Waals surface area contributed by atoms with Crippen molar-refractivity contribution in [3.8, 4) is 11.5 Å². The molecular weight excluding hydrogens is 262 g/mol. The normalized spacial score (nSPS) is 13.2. The Bertz CT molecular complexity index is 734. The summed E-state index contributed by atoms with van der Waals surface area (Å²) in [6.07, 6.45) is 0.0239. The Balaban J connectivity index is 2.11. The number of esters is 1. The second-order valence-corrected chi connectivity index (χ2v) is 4.45. The number of benzene rings is 1. The molecule has 1 aromatic carbocycles. The smallest absolute Gasteiger partial charge is 0.311 e. The van der Waals surface area contributed by atoms with Crippen LogP contribution < -0.4 is 14.9 Å². The molecule has 1 aliphatic heterocycles. The first kappa shape index (κ1) is 12.5. The van der Waals surface area contributed by atoms with Crippen molar-refractivity contribution < 1.29 is 19.0 Å². The molecule has 0 unspecified atom stereocenters. The fourth-order valence-corrected chi connectivity index (χ4v) is 2.16. The molecule has 104 valence electrons. The summed E-state index contributed by atoms with van der Waals surface area (Å²) < 4.78 is 15.5. The third-order valence-corrected chi connectivity index (χ3v) is 3.11. The zero-order chi connectivity index (χ0) is 14.1. The monoisotopic (exact) mass is 275 g/mol. The lowest BCUT2D eigenvalue weighted by Crippen LogP contribution is -2.16. The van der Waals surface area contributed by atoms with Gasteiger partial charge in [-0.25, -0.2) is 0 Å². The van der Waals surface area contributed by atoms with Crippen LogP contribution in [0, 0.1) is 0 Å². The molecule has 6 heteroatoms. The van der Waals surface area contributed by atoms with Gasteiger partial charge in [0.25, 0.3) is 0 Å². The van der Waals surface area contributed by atoms with Gasteiger partial charge in [-0.2, -0.15) is 0 Å². The molecule has 1 aliphatic rings. The zero-order valence-corrected chi connectivity index (χ0v) is 10.9. The zero-order valence-electron chi connectivity index (χ0n) is 10.9. The van der Waals surface area contributed by atoms with Gasteiger partial charge in [-0.15, -0.1) is 0 Å². The summed E-state index contributed by atoms with van der Waals surface area (Å²) in [5, 5.41) is 0.503. The van der Waals surface area contributed by atoms with Gasteiger partial charge in [-0.3, -0.25) is 9.59 Å². The average molecular weight is 275 g/mol. The molecule has 1 aromatic heterocycles. The summed E-state index contributed by atoms with van der Waals surface area (Å²) in [5.74, 6) is 0.752. The van der Waals surface area contributed by atoms with Crippen molar-refractivity contribution in [3.63, 3.8) is 0 Å². The number of carbonyl (C=O) groups is 1. The molecule has 0 aliphatic carbocycles. The van der Waals surface area contributed by atoms with E-state index in [-0.39, 0.29) is 11.8 Å². The lowest BCUT2D eigenvalue weighted by molar-refractivity contribution is -0.139. The molecule has 0 fully saturated rings. The molecule has 0 amide bonds. The Morgan fingerprint density at radius 3 is 2.65 bits per heavy atom. The van der Waals surface area contributed by atoms with Crippen LogP contribution in [0.2, 0.25) is 0 Å². The number of carbonyl (C=O) groups excluding carboxylic acids is 1. The molecule has 0 spiro atoms. The third-order valence-electron chi connectivity index (χ3n) is 3.11. The predicted molar refractivity (Wildman–Crippen MR) is 71.3 cm³/mol. The van der Waals surface area contributed by atoms with Crippen molar-refractivity contribution in [1.29, 1.82) is 0 Å². The maximum Gasteiger partial charge on any atom is 0.311 e. The summed E-state index contributed by atoms with van der Waals surface area (Å²) in [7, 11) is 1.31. The number of H-pyrrole nitrogens is 1. The number of aromatic amines is 1. The summed E-state index contributed by atoms with van der Waals surface area (Å²) >= 11 is 0. The van der Waals surface area contributed by atoms with Crippen molar-refractivity contribution in [2.75, 3.05) is 20.3 Å². The summed E-state index contributed by atoms with van der Waals surface area (Å²) in [6.45, 7) is 0.946. The standard InChI is InChI=1S/C14H13NO5/c1-18-14(17)5-8-4-11(16)9-6-12-13(7-10(9)15-8)20-3-2-19-12/h4,6-7H,2-3,5H2,1H3,(H,15,16). The van der Waals surface area contributed by atoms with Gasteiger partial charge >= 0.3 is 5.97 Å². The van der Waals surface area contributed by atoms with Crippen LogP contribution in [0.1, 0.15) is 5.69 Å². The van der Waals surface area contributed by atoms with Gasteiger partial charge in [0.05, 0.1) is 19.0 Å². The Morgan fingerprint density at radius 1 is 1.25 bits per heavy atom. The minimum atomic E-state index is -0.405. The van der Waals surface area contributed by atoms with Gasteiger partial charge in [-0.1, -0.05) is 0 Å². The highest BCUT2D eigenvalue weighted by Crippen LogP contribution is 2.32. The first-order valence-electron chi connectivity index (χ1n) is 6.20. The van der Waals surface area contributed by atoms with Crippen LogP contribution in [0.5, 0.6) is 11.5 Å². The van der Waals surface area contributed by atoms with Crippen molar-refractivity contribution in [2.24, 2.45) is 0 Å². The Morgan fingerprint density at radius 2 is 1.95 bits per heavy atom. The highest BCUT2D eigenvalue weighted by molar-refractivity contribution is 5.83. The molecule has 1 N–H and O–H groups in total. The van der Waals surface area contributed by atoms with Crippen LogP contribution in [0.25, 0.3) is 10.9 Å². The molecule has 6 nitrogen and oxygen atoms in total. The minimum absolute atomic E-state index is 0.0239. The lowest BCUT2D eigenvalue weighted by Gasteiger charge is -2.18. The number of hydrogen-bond donors (Lipinski definition) is 1. The number of fused-ring (bicyclic) bond motifs is 2. The molecule has 2 aromatic rings. The molecule has 20 heavy (non-hydrogen) atoms. The van der Waals surface area contributed by atoms with Crippen LogP contribution in [-0.4, -0.2) is 31.3 Å². The third kappa shape index (κ3) is 2.20. The number of rotatable bonds is 2. The van der Waals surface area contributed by atoms with E-state index in [0.29, 0.717) is 41.3 Å². The van der Waals surface area contributed by atoms with Crippen molar-refractivity contribution >= 4 is 16.9 Å². The van der Waals surface area contributed by atoms with Crippen LogP contribution in [-0.2, 0) is 16.0 Å². The summed E-state index contributed by atoms with van der Waals surface area (Å²) in [4.78, 5) is 26.4. The number of ether oxygens (including phenoxy) is 3. The van der Waals surface area contributed by atoms with Gasteiger partial charge in [0.1, 0.15) is 13.2 Å². The van der Waals surface area contributed by atoms with Gasteiger partial charge < -0.3 is 19.2 Å². The quantitative estimate of drug-likeness (QED) is 0.828. The Kier molecular flexibility index (Phi) is 3.06. The Labute approximate surface area is 114 Å². The average Bonchev–Trinajstić information content (AvgIpc) is 2.45. The van der Waals surface area contributed by atoms with Crippen LogP contribution in [0.15, 0.2) is 23.0 Å². The summed E-state index contributed by atoms with van der Waals surface area (Å²) in [6, 6.07) is 4.77. The fourth-order valence-electron chi connectivity index (χ4n) is 2.16. The molecule has 0 atom stereocenters. The number of hydrogen-bond acceptors (Lipinski definition) is 5. The van der Waals surface area contributed by atoms with Gasteiger partial charge in [-0.05, 0) is 6.07 Å². The molecule has 0 saturated heterocycles. The van der Waals surface area contributed by atoms with E-state index < -0.39 is 5.97 Å². The number of aromatic nitrogens is 1. The van der Waals surface area contributed by atoms with E-state index in [4.69, 9.17) is 9.47 Å². The van der Waals surface area contributed by atoms with E-state index in [1.807, 2.05) is 0 Å². The summed E-state index contributed by atoms with van der Waals surface area (Å²) in [5.41, 5.74) is 0.946. The first-order valence-corrected chi connectivity index (χ1v) is 6.20. The van der Waals surface area contributed by atoms with E-state index in [1.54, 1.807) is 12.1 Å². The van der Waals surface area contributed by atoms with Crippen molar-refractivity contribution in [3.05, 3.63) is 34.1 Å². The van der Waals surface area contributed by atoms with Crippen LogP contribution in [0.3, 0.4) is 0 Å². The fraction of sp³-hybridized carbons (Fsp3) is 0.286. The van der Waals surface area contributed by atoms with E-state index in [9.17, 15) is 9.59 Å². The van der Waals surface area contributed by atoms with E-state index in [2.05, 4.69) is 9.72 Å². The van der Waals surface area contributed by atoms with E-state index in [0.717, 1.165) is 0 Å². The highest BCUT2D eigenvalue weighted by Gasteiger charge is 2.15. The van der Waals surface area contributed by atoms with Crippen molar-refractivity contribution in [2.45, 2.75) is 6.42 Å². The molecule has 0 saturated carbocycles.